The number of benzene rings is 1. The largest absolute Gasteiger partial charge is 0.340 e. The van der Waals surface area contributed by atoms with Crippen LogP contribution in [0, 0.1) is 19.7 Å². The first-order valence-electron chi connectivity index (χ1n) is 11.9. The van der Waals surface area contributed by atoms with Crippen LogP contribution in [0.25, 0.3) is 11.4 Å². The van der Waals surface area contributed by atoms with Crippen LogP contribution in [0.2, 0.25) is 0 Å². The van der Waals surface area contributed by atoms with Gasteiger partial charge in [-0.15, -0.1) is 11.3 Å². The number of carbonyl (C=O) groups excluding carboxylic acids is 1. The lowest BCUT2D eigenvalue weighted by molar-refractivity contribution is -0.132. The molecule has 1 amide bonds. The number of aryl methyl sites for hydroxylation is 2. The molecule has 1 saturated carbocycles. The van der Waals surface area contributed by atoms with Gasteiger partial charge < -0.3 is 4.90 Å². The van der Waals surface area contributed by atoms with Crippen molar-refractivity contribution in [3.05, 3.63) is 51.0 Å². The third-order valence-corrected chi connectivity index (χ3v) is 7.91. The second kappa shape index (κ2) is 9.33. The Morgan fingerprint density at radius 3 is 2.70 bits per heavy atom. The topological polar surface area (TPSA) is 63.9 Å². The van der Waals surface area contributed by atoms with Crippen molar-refractivity contribution in [2.24, 2.45) is 0 Å². The molecule has 1 aliphatic heterocycles. The molecule has 1 fully saturated rings. The number of nitrogens with zero attached hydrogens (tertiary/aromatic N) is 5. The third-order valence-electron chi connectivity index (χ3n) is 6.84. The van der Waals surface area contributed by atoms with E-state index in [2.05, 4.69) is 4.98 Å². The Balaban J connectivity index is 1.38. The maximum Gasteiger partial charge on any atom is 0.244 e. The maximum atomic E-state index is 13.8. The van der Waals surface area contributed by atoms with Crippen LogP contribution in [0.3, 0.4) is 0 Å². The van der Waals surface area contributed by atoms with Gasteiger partial charge in [-0.05, 0) is 50.5 Å². The van der Waals surface area contributed by atoms with E-state index >= 15 is 0 Å². The van der Waals surface area contributed by atoms with Gasteiger partial charge in [0.25, 0.3) is 0 Å². The van der Waals surface area contributed by atoms with Crippen molar-refractivity contribution in [1.82, 2.24) is 24.6 Å². The molecule has 0 N–H and O–H groups in total. The number of aromatic nitrogens is 4. The first-order valence-corrected chi connectivity index (χ1v) is 12.7. The molecule has 33 heavy (non-hydrogen) atoms. The lowest BCUT2D eigenvalue weighted by Gasteiger charge is -2.23. The van der Waals surface area contributed by atoms with Crippen molar-refractivity contribution in [2.45, 2.75) is 71.3 Å². The highest BCUT2D eigenvalue weighted by Crippen LogP contribution is 2.33. The molecule has 3 aromatic rings. The van der Waals surface area contributed by atoms with E-state index in [1.54, 1.807) is 30.4 Å². The third kappa shape index (κ3) is 4.71. The Labute approximate surface area is 197 Å². The molecule has 0 atom stereocenters. The van der Waals surface area contributed by atoms with Gasteiger partial charge in [0.15, 0.2) is 5.82 Å². The molecule has 0 saturated heterocycles. The molecule has 3 heterocycles. The van der Waals surface area contributed by atoms with E-state index in [1.807, 2.05) is 16.5 Å². The SMILES string of the molecule is Cc1nc2c(s1)CCN(C(=O)Cn1nc(-c3ccc(F)c(C)c3)nc1C1CCCCC1)CC2. The first-order chi connectivity index (χ1) is 16.0. The summed E-state index contributed by atoms with van der Waals surface area (Å²) in [6.07, 6.45) is 7.42. The number of hydrogen-bond acceptors (Lipinski definition) is 5. The minimum atomic E-state index is -0.236. The molecule has 8 heteroatoms. The Bertz CT molecular complexity index is 1140. The van der Waals surface area contributed by atoms with E-state index in [0.29, 0.717) is 30.4 Å². The number of carbonyl (C=O) groups is 1. The predicted octanol–water partition coefficient (Wildman–Crippen LogP) is 4.83. The van der Waals surface area contributed by atoms with Crippen LogP contribution >= 0.6 is 11.3 Å². The quantitative estimate of drug-likeness (QED) is 0.551. The molecule has 2 aromatic heterocycles. The second-order valence-corrected chi connectivity index (χ2v) is 10.5. The van der Waals surface area contributed by atoms with Gasteiger partial charge in [-0.1, -0.05) is 19.3 Å². The van der Waals surface area contributed by atoms with Gasteiger partial charge in [0.2, 0.25) is 5.91 Å². The van der Waals surface area contributed by atoms with Gasteiger partial charge in [0.05, 0.1) is 10.7 Å². The van der Waals surface area contributed by atoms with Crippen LogP contribution < -0.4 is 0 Å². The summed E-state index contributed by atoms with van der Waals surface area (Å²) in [5.74, 6) is 1.62. The summed E-state index contributed by atoms with van der Waals surface area (Å²) in [7, 11) is 0. The molecule has 1 aliphatic carbocycles. The number of amides is 1. The standard InChI is InChI=1S/C25H30FN5OS/c1-16-14-19(8-9-20(16)26)24-28-25(18-6-4-3-5-7-18)31(29-24)15-23(32)30-12-10-21-22(11-13-30)33-17(2)27-21/h8-9,14,18H,3-7,10-13,15H2,1-2H3. The highest BCUT2D eigenvalue weighted by atomic mass is 32.1. The number of fused-ring (bicyclic) bond motifs is 1. The Hall–Kier alpha value is -2.61. The Morgan fingerprint density at radius 2 is 1.91 bits per heavy atom. The lowest BCUT2D eigenvalue weighted by Crippen LogP contribution is -2.36. The van der Waals surface area contributed by atoms with Crippen LogP contribution in [-0.2, 0) is 24.2 Å². The van der Waals surface area contributed by atoms with Gasteiger partial charge in [0, 0.05) is 42.3 Å². The van der Waals surface area contributed by atoms with Crippen LogP contribution in [-0.4, -0.2) is 43.6 Å². The molecule has 0 radical (unpaired) electrons. The molecule has 174 valence electrons. The summed E-state index contributed by atoms with van der Waals surface area (Å²) in [5.41, 5.74) is 2.50. The summed E-state index contributed by atoms with van der Waals surface area (Å²) in [6, 6.07) is 4.96. The minimum absolute atomic E-state index is 0.0747. The molecule has 0 bridgehead atoms. The average molecular weight is 468 g/mol. The molecule has 0 spiro atoms. The molecule has 1 aromatic carbocycles. The summed E-state index contributed by atoms with van der Waals surface area (Å²) in [5, 5.41) is 5.85. The van der Waals surface area contributed by atoms with E-state index in [0.717, 1.165) is 47.8 Å². The van der Waals surface area contributed by atoms with E-state index < -0.39 is 0 Å². The fraction of sp³-hybridized carbons (Fsp3) is 0.520. The van der Waals surface area contributed by atoms with Crippen molar-refractivity contribution in [1.29, 1.82) is 0 Å². The molecule has 2 aliphatic rings. The number of halogens is 1. The molecular formula is C25H30FN5OS. The number of hydrogen-bond donors (Lipinski definition) is 0. The highest BCUT2D eigenvalue weighted by Gasteiger charge is 2.26. The molecule has 6 nitrogen and oxygen atoms in total. The van der Waals surface area contributed by atoms with Crippen LogP contribution in [0.5, 0.6) is 0 Å². The summed E-state index contributed by atoms with van der Waals surface area (Å²) in [4.78, 5) is 26.1. The van der Waals surface area contributed by atoms with Crippen LogP contribution in [0.15, 0.2) is 18.2 Å². The number of rotatable bonds is 4. The van der Waals surface area contributed by atoms with Crippen molar-refractivity contribution >= 4 is 17.2 Å². The van der Waals surface area contributed by atoms with Crippen LogP contribution in [0.1, 0.15) is 65.0 Å². The van der Waals surface area contributed by atoms with Gasteiger partial charge in [-0.25, -0.2) is 19.0 Å². The van der Waals surface area contributed by atoms with E-state index in [9.17, 15) is 9.18 Å². The second-order valence-electron chi connectivity index (χ2n) is 9.23. The van der Waals surface area contributed by atoms with Crippen molar-refractivity contribution in [2.75, 3.05) is 13.1 Å². The van der Waals surface area contributed by atoms with E-state index in [4.69, 9.17) is 10.1 Å². The van der Waals surface area contributed by atoms with E-state index in [-0.39, 0.29) is 18.3 Å². The molecule has 0 unspecified atom stereocenters. The Kier molecular flexibility index (Phi) is 6.27. The monoisotopic (exact) mass is 467 g/mol. The van der Waals surface area contributed by atoms with Gasteiger partial charge in [-0.3, -0.25) is 4.79 Å². The van der Waals surface area contributed by atoms with Crippen LogP contribution in [0.4, 0.5) is 4.39 Å². The fourth-order valence-electron chi connectivity index (χ4n) is 5.01. The average Bonchev–Trinajstić information content (AvgIpc) is 3.33. The summed E-state index contributed by atoms with van der Waals surface area (Å²) >= 11 is 1.74. The zero-order chi connectivity index (χ0) is 22.9. The predicted molar refractivity (Wildman–Crippen MR) is 127 cm³/mol. The summed E-state index contributed by atoms with van der Waals surface area (Å²) in [6.45, 7) is 5.38. The van der Waals surface area contributed by atoms with E-state index in [1.165, 1.54) is 30.2 Å². The fourth-order valence-corrected chi connectivity index (χ4v) is 5.98. The van der Waals surface area contributed by atoms with Gasteiger partial charge in [-0.2, -0.15) is 5.10 Å². The number of thiazole rings is 1. The zero-order valence-electron chi connectivity index (χ0n) is 19.3. The zero-order valence-corrected chi connectivity index (χ0v) is 20.1. The lowest BCUT2D eigenvalue weighted by atomic mass is 9.88. The Morgan fingerprint density at radius 1 is 1.12 bits per heavy atom. The highest BCUT2D eigenvalue weighted by molar-refractivity contribution is 7.11. The smallest absolute Gasteiger partial charge is 0.244 e. The van der Waals surface area contributed by atoms with Crippen molar-refractivity contribution in [3.63, 3.8) is 0 Å². The first kappa shape index (κ1) is 22.2. The summed E-state index contributed by atoms with van der Waals surface area (Å²) < 4.78 is 15.6. The minimum Gasteiger partial charge on any atom is -0.340 e. The molecule has 5 rings (SSSR count). The van der Waals surface area contributed by atoms with Crippen molar-refractivity contribution < 1.29 is 9.18 Å². The normalized spacial score (nSPS) is 17.1. The van der Waals surface area contributed by atoms with Gasteiger partial charge in [0.1, 0.15) is 18.2 Å². The van der Waals surface area contributed by atoms with Gasteiger partial charge >= 0.3 is 0 Å². The molecular weight excluding hydrogens is 437 g/mol. The van der Waals surface area contributed by atoms with Crippen molar-refractivity contribution in [3.8, 4) is 11.4 Å². The maximum absolute atomic E-state index is 13.8.